The van der Waals surface area contributed by atoms with Gasteiger partial charge in [-0.15, -0.1) is 0 Å². The van der Waals surface area contributed by atoms with Crippen LogP contribution in [0.15, 0.2) is 6.07 Å². The van der Waals surface area contributed by atoms with Crippen molar-refractivity contribution < 1.29 is 0 Å². The molecule has 1 aromatic heterocycles. The van der Waals surface area contributed by atoms with Crippen LogP contribution in [0.2, 0.25) is 0 Å². The van der Waals surface area contributed by atoms with E-state index in [2.05, 4.69) is 41.9 Å². The van der Waals surface area contributed by atoms with Gasteiger partial charge in [0.15, 0.2) is 0 Å². The minimum Gasteiger partial charge on any atom is -0.317 e. The highest BCUT2D eigenvalue weighted by atomic mass is 15.3. The summed E-state index contributed by atoms with van der Waals surface area (Å²) in [6, 6.07) is 2.84. The Bertz CT molecular complexity index is 322. The lowest BCUT2D eigenvalue weighted by Crippen LogP contribution is -2.30. The maximum absolute atomic E-state index is 4.64. The predicted octanol–water partition coefficient (Wildman–Crippen LogP) is 2.24. The molecule has 15 heavy (non-hydrogen) atoms. The molecule has 1 N–H and O–H groups in total. The fraction of sp³-hybridized carbons (Fsp3) is 0.750. The minimum atomic E-state index is 0.570. The van der Waals surface area contributed by atoms with Gasteiger partial charge in [-0.2, -0.15) is 5.10 Å². The topological polar surface area (TPSA) is 29.9 Å². The van der Waals surface area contributed by atoms with Gasteiger partial charge in [0.1, 0.15) is 0 Å². The molecule has 0 aromatic carbocycles. The molecular weight excluding hydrogens is 186 g/mol. The van der Waals surface area contributed by atoms with Crippen LogP contribution < -0.4 is 5.32 Å². The van der Waals surface area contributed by atoms with E-state index in [1.165, 1.54) is 18.5 Å². The van der Waals surface area contributed by atoms with Crippen molar-refractivity contribution in [3.63, 3.8) is 0 Å². The predicted molar refractivity (Wildman–Crippen MR) is 62.2 cm³/mol. The minimum absolute atomic E-state index is 0.570. The van der Waals surface area contributed by atoms with Gasteiger partial charge in [0, 0.05) is 5.69 Å². The molecule has 0 aliphatic carbocycles. The molecule has 0 spiro atoms. The Morgan fingerprint density at radius 3 is 2.67 bits per heavy atom. The number of piperidine rings is 1. The van der Waals surface area contributed by atoms with Crippen LogP contribution in [0.5, 0.6) is 0 Å². The van der Waals surface area contributed by atoms with Crippen molar-refractivity contribution in [1.29, 1.82) is 0 Å². The van der Waals surface area contributed by atoms with Gasteiger partial charge in [-0.05, 0) is 44.8 Å². The first-order valence-corrected chi connectivity index (χ1v) is 5.95. The maximum atomic E-state index is 4.64. The Morgan fingerprint density at radius 2 is 2.07 bits per heavy atom. The summed E-state index contributed by atoms with van der Waals surface area (Å²) in [5, 5.41) is 8.04. The molecule has 0 radical (unpaired) electrons. The summed E-state index contributed by atoms with van der Waals surface area (Å²) in [5.41, 5.74) is 2.54. The van der Waals surface area contributed by atoms with Crippen LogP contribution in [0, 0.1) is 6.92 Å². The van der Waals surface area contributed by atoms with E-state index in [0.29, 0.717) is 12.0 Å². The van der Waals surface area contributed by atoms with Gasteiger partial charge in [-0.25, -0.2) is 0 Å². The van der Waals surface area contributed by atoms with Crippen LogP contribution in [0.25, 0.3) is 0 Å². The van der Waals surface area contributed by atoms with Gasteiger partial charge >= 0.3 is 0 Å². The van der Waals surface area contributed by atoms with Gasteiger partial charge in [-0.1, -0.05) is 13.8 Å². The highest BCUT2D eigenvalue weighted by Crippen LogP contribution is 2.24. The lowest BCUT2D eigenvalue weighted by atomic mass is 10.0. The van der Waals surface area contributed by atoms with E-state index < -0.39 is 0 Å². The van der Waals surface area contributed by atoms with Crippen molar-refractivity contribution in [3.8, 4) is 0 Å². The van der Waals surface area contributed by atoms with Gasteiger partial charge in [0.25, 0.3) is 0 Å². The number of rotatable bonds is 2. The van der Waals surface area contributed by atoms with E-state index >= 15 is 0 Å². The number of aryl methyl sites for hydroxylation is 1. The first-order chi connectivity index (χ1) is 7.18. The zero-order chi connectivity index (χ0) is 10.8. The Balaban J connectivity index is 2.25. The molecule has 84 valence electrons. The van der Waals surface area contributed by atoms with Crippen LogP contribution in [-0.2, 0) is 0 Å². The normalized spacial score (nSPS) is 18.7. The molecule has 1 aliphatic heterocycles. The van der Waals surface area contributed by atoms with Crippen LogP contribution in [0.1, 0.15) is 50.0 Å². The quantitative estimate of drug-likeness (QED) is 0.806. The van der Waals surface area contributed by atoms with Gasteiger partial charge in [-0.3, -0.25) is 4.68 Å². The number of nitrogens with one attached hydrogen (secondary N) is 1. The molecule has 1 aliphatic rings. The Kier molecular flexibility index (Phi) is 3.10. The van der Waals surface area contributed by atoms with Gasteiger partial charge in [0.2, 0.25) is 0 Å². The van der Waals surface area contributed by atoms with E-state index in [1.54, 1.807) is 0 Å². The van der Waals surface area contributed by atoms with E-state index in [-0.39, 0.29) is 0 Å². The molecule has 0 amide bonds. The first-order valence-electron chi connectivity index (χ1n) is 5.95. The van der Waals surface area contributed by atoms with E-state index in [4.69, 9.17) is 0 Å². The molecule has 2 rings (SSSR count). The second-order valence-corrected chi connectivity index (χ2v) is 4.79. The summed E-state index contributed by atoms with van der Waals surface area (Å²) in [5.74, 6) is 0.570. The van der Waals surface area contributed by atoms with Crippen molar-refractivity contribution in [3.05, 3.63) is 17.5 Å². The van der Waals surface area contributed by atoms with Gasteiger partial charge in [0.05, 0.1) is 11.7 Å². The van der Waals surface area contributed by atoms with Crippen molar-refractivity contribution in [2.75, 3.05) is 13.1 Å². The number of hydrogen-bond donors (Lipinski definition) is 1. The monoisotopic (exact) mass is 207 g/mol. The van der Waals surface area contributed by atoms with Gasteiger partial charge < -0.3 is 5.32 Å². The highest BCUT2D eigenvalue weighted by molar-refractivity contribution is 5.13. The summed E-state index contributed by atoms with van der Waals surface area (Å²) < 4.78 is 2.26. The molecule has 0 bridgehead atoms. The van der Waals surface area contributed by atoms with Crippen LogP contribution in [-0.4, -0.2) is 22.9 Å². The second kappa shape index (κ2) is 4.35. The first kappa shape index (κ1) is 10.7. The summed E-state index contributed by atoms with van der Waals surface area (Å²) in [4.78, 5) is 0. The molecule has 1 fully saturated rings. The highest BCUT2D eigenvalue weighted by Gasteiger charge is 2.19. The average molecular weight is 207 g/mol. The molecule has 0 unspecified atom stereocenters. The zero-order valence-corrected chi connectivity index (χ0v) is 9.95. The van der Waals surface area contributed by atoms with Crippen molar-refractivity contribution in [1.82, 2.24) is 15.1 Å². The largest absolute Gasteiger partial charge is 0.317 e. The maximum Gasteiger partial charge on any atom is 0.0596 e. The number of hydrogen-bond acceptors (Lipinski definition) is 2. The fourth-order valence-electron chi connectivity index (χ4n) is 2.31. The third-order valence-electron chi connectivity index (χ3n) is 3.13. The SMILES string of the molecule is Cc1cc(C(C)C)n(C2CCNCC2)n1. The van der Waals surface area contributed by atoms with Crippen molar-refractivity contribution in [2.45, 2.75) is 45.6 Å². The molecule has 1 saturated heterocycles. The lowest BCUT2D eigenvalue weighted by molar-refractivity contribution is 0.331. The van der Waals surface area contributed by atoms with Crippen LogP contribution in [0.3, 0.4) is 0 Å². The summed E-state index contributed by atoms with van der Waals surface area (Å²) >= 11 is 0. The summed E-state index contributed by atoms with van der Waals surface area (Å²) in [6.45, 7) is 8.83. The zero-order valence-electron chi connectivity index (χ0n) is 9.95. The summed E-state index contributed by atoms with van der Waals surface area (Å²) in [7, 11) is 0. The molecule has 2 heterocycles. The van der Waals surface area contributed by atoms with Crippen LogP contribution in [0.4, 0.5) is 0 Å². The number of nitrogens with zero attached hydrogens (tertiary/aromatic N) is 2. The standard InChI is InChI=1S/C12H21N3/c1-9(2)12-8-10(3)14-15(12)11-4-6-13-7-5-11/h8-9,11,13H,4-7H2,1-3H3. The van der Waals surface area contributed by atoms with Crippen LogP contribution >= 0.6 is 0 Å². The van der Waals surface area contributed by atoms with E-state index in [9.17, 15) is 0 Å². The third kappa shape index (κ3) is 2.23. The number of aromatic nitrogens is 2. The van der Waals surface area contributed by atoms with E-state index in [0.717, 1.165) is 18.8 Å². The second-order valence-electron chi connectivity index (χ2n) is 4.79. The lowest BCUT2D eigenvalue weighted by Gasteiger charge is -2.25. The van der Waals surface area contributed by atoms with Crippen molar-refractivity contribution >= 4 is 0 Å². The molecule has 0 atom stereocenters. The van der Waals surface area contributed by atoms with Crippen molar-refractivity contribution in [2.24, 2.45) is 0 Å². The molecular formula is C12H21N3. The smallest absolute Gasteiger partial charge is 0.0596 e. The van der Waals surface area contributed by atoms with E-state index in [1.807, 2.05) is 0 Å². The molecule has 3 heteroatoms. The molecule has 1 aromatic rings. The third-order valence-corrected chi connectivity index (χ3v) is 3.13. The summed E-state index contributed by atoms with van der Waals surface area (Å²) in [6.07, 6.45) is 2.42. The average Bonchev–Trinajstić information content (AvgIpc) is 2.62. The fourth-order valence-corrected chi connectivity index (χ4v) is 2.31. The molecule has 0 saturated carbocycles. The Labute approximate surface area is 91.9 Å². The Hall–Kier alpha value is -0.830. The Morgan fingerprint density at radius 1 is 1.40 bits per heavy atom. The molecule has 3 nitrogen and oxygen atoms in total.